The molecule has 1 aromatic rings. The zero-order valence-corrected chi connectivity index (χ0v) is 7.98. The van der Waals surface area contributed by atoms with Crippen LogP contribution in [0.25, 0.3) is 0 Å². The van der Waals surface area contributed by atoms with E-state index in [-0.39, 0.29) is 0 Å². The highest BCUT2D eigenvalue weighted by atomic mass is 32.1. The number of aliphatic hydroxyl groups excluding tert-OH is 1. The lowest BCUT2D eigenvalue weighted by Crippen LogP contribution is -1.94. The summed E-state index contributed by atoms with van der Waals surface area (Å²) in [6.45, 7) is 3.67. The quantitative estimate of drug-likeness (QED) is 0.707. The number of hydrogen-bond acceptors (Lipinski definition) is 3. The fourth-order valence-electron chi connectivity index (χ4n) is 0.922. The van der Waals surface area contributed by atoms with Gasteiger partial charge in [0.1, 0.15) is 6.10 Å². The molecule has 0 radical (unpaired) electrons. The first-order valence-corrected chi connectivity index (χ1v) is 4.61. The van der Waals surface area contributed by atoms with E-state index in [0.29, 0.717) is 6.42 Å². The van der Waals surface area contributed by atoms with Crippen molar-refractivity contribution in [2.24, 2.45) is 0 Å². The third kappa shape index (κ3) is 2.07. The monoisotopic (exact) mass is 181 g/mol. The molecule has 1 aromatic heterocycles. The standard InChI is InChI=1S/C9H11NOS/c1-3-4-5-8(11)9-7(2)10-6-12-9/h6,8,11H,5H2,1-2H3. The fourth-order valence-corrected chi connectivity index (χ4v) is 1.71. The number of thiazole rings is 1. The first-order chi connectivity index (χ1) is 5.75. The second kappa shape index (κ2) is 4.24. The molecular weight excluding hydrogens is 170 g/mol. The van der Waals surface area contributed by atoms with Crippen LogP contribution in [-0.4, -0.2) is 10.1 Å². The second-order valence-electron chi connectivity index (χ2n) is 2.45. The lowest BCUT2D eigenvalue weighted by atomic mass is 10.2. The summed E-state index contributed by atoms with van der Waals surface area (Å²) in [6, 6.07) is 0. The van der Waals surface area contributed by atoms with Crippen molar-refractivity contribution in [2.45, 2.75) is 26.4 Å². The molecule has 0 aliphatic heterocycles. The average Bonchev–Trinajstić information content (AvgIpc) is 2.47. The molecule has 1 rings (SSSR count). The third-order valence-electron chi connectivity index (χ3n) is 1.56. The molecule has 64 valence electrons. The van der Waals surface area contributed by atoms with E-state index in [0.717, 1.165) is 10.6 Å². The van der Waals surface area contributed by atoms with Crippen LogP contribution in [0.5, 0.6) is 0 Å². The van der Waals surface area contributed by atoms with Crippen LogP contribution in [0.1, 0.15) is 30.0 Å². The van der Waals surface area contributed by atoms with Crippen LogP contribution in [0.4, 0.5) is 0 Å². The molecule has 0 saturated heterocycles. The summed E-state index contributed by atoms with van der Waals surface area (Å²) in [5.74, 6) is 5.60. The molecule has 1 atom stereocenters. The SMILES string of the molecule is CC#CCC(O)c1scnc1C. The summed E-state index contributed by atoms with van der Waals surface area (Å²) in [6.07, 6.45) is 0.0319. The fraction of sp³-hybridized carbons (Fsp3) is 0.444. The van der Waals surface area contributed by atoms with Gasteiger partial charge in [0.2, 0.25) is 0 Å². The van der Waals surface area contributed by atoms with Crippen molar-refractivity contribution >= 4 is 11.3 Å². The molecule has 2 nitrogen and oxygen atoms in total. The molecule has 0 bridgehead atoms. The van der Waals surface area contributed by atoms with Crippen LogP contribution in [-0.2, 0) is 0 Å². The Labute approximate surface area is 76.3 Å². The van der Waals surface area contributed by atoms with Crippen LogP contribution in [0.3, 0.4) is 0 Å². The normalized spacial score (nSPS) is 11.9. The largest absolute Gasteiger partial charge is 0.387 e. The van der Waals surface area contributed by atoms with Gasteiger partial charge in [-0.25, -0.2) is 4.98 Å². The highest BCUT2D eigenvalue weighted by Gasteiger charge is 2.10. The minimum absolute atomic E-state index is 0.468. The zero-order chi connectivity index (χ0) is 8.97. The zero-order valence-electron chi connectivity index (χ0n) is 7.16. The number of aliphatic hydroxyl groups is 1. The predicted octanol–water partition coefficient (Wildman–Crippen LogP) is 1.90. The Hall–Kier alpha value is -0.850. The topological polar surface area (TPSA) is 33.1 Å². The first kappa shape index (κ1) is 9.24. The summed E-state index contributed by atoms with van der Waals surface area (Å²) >= 11 is 1.48. The Bertz CT molecular complexity index is 308. The molecule has 0 aromatic carbocycles. The van der Waals surface area contributed by atoms with E-state index < -0.39 is 6.10 Å². The van der Waals surface area contributed by atoms with Crippen molar-refractivity contribution in [3.8, 4) is 11.8 Å². The summed E-state index contributed by atoms with van der Waals surface area (Å²) in [4.78, 5) is 4.98. The molecule has 0 aliphatic rings. The van der Waals surface area contributed by atoms with Crippen LogP contribution in [0.2, 0.25) is 0 Å². The van der Waals surface area contributed by atoms with Gasteiger partial charge in [-0.05, 0) is 13.8 Å². The highest BCUT2D eigenvalue weighted by molar-refractivity contribution is 7.09. The predicted molar refractivity (Wildman–Crippen MR) is 49.9 cm³/mol. The van der Waals surface area contributed by atoms with Gasteiger partial charge in [-0.2, -0.15) is 0 Å². The van der Waals surface area contributed by atoms with Gasteiger partial charge in [0.25, 0.3) is 0 Å². The van der Waals surface area contributed by atoms with Crippen molar-refractivity contribution in [1.82, 2.24) is 4.98 Å². The Kier molecular flexibility index (Phi) is 3.27. The van der Waals surface area contributed by atoms with Crippen molar-refractivity contribution in [1.29, 1.82) is 0 Å². The van der Waals surface area contributed by atoms with Crippen molar-refractivity contribution < 1.29 is 5.11 Å². The van der Waals surface area contributed by atoms with E-state index in [2.05, 4.69) is 16.8 Å². The highest BCUT2D eigenvalue weighted by Crippen LogP contribution is 2.23. The van der Waals surface area contributed by atoms with E-state index >= 15 is 0 Å². The molecule has 0 fully saturated rings. The Balaban J connectivity index is 2.68. The maximum absolute atomic E-state index is 9.59. The van der Waals surface area contributed by atoms with Crippen LogP contribution in [0, 0.1) is 18.8 Å². The van der Waals surface area contributed by atoms with Crippen molar-refractivity contribution in [3.63, 3.8) is 0 Å². The van der Waals surface area contributed by atoms with E-state index in [9.17, 15) is 5.11 Å². The number of aryl methyl sites for hydroxylation is 1. The molecule has 0 aliphatic carbocycles. The maximum Gasteiger partial charge on any atom is 0.101 e. The summed E-state index contributed by atoms with van der Waals surface area (Å²) < 4.78 is 0. The summed E-state index contributed by atoms with van der Waals surface area (Å²) in [7, 11) is 0. The van der Waals surface area contributed by atoms with E-state index in [1.165, 1.54) is 11.3 Å². The second-order valence-corrected chi connectivity index (χ2v) is 3.34. The lowest BCUT2D eigenvalue weighted by Gasteiger charge is -2.03. The van der Waals surface area contributed by atoms with Gasteiger partial charge in [-0.3, -0.25) is 0 Å². The van der Waals surface area contributed by atoms with E-state index in [1.54, 1.807) is 12.4 Å². The van der Waals surface area contributed by atoms with Gasteiger partial charge in [0, 0.05) is 6.42 Å². The van der Waals surface area contributed by atoms with Crippen molar-refractivity contribution in [2.75, 3.05) is 0 Å². The van der Waals surface area contributed by atoms with Crippen LogP contribution >= 0.6 is 11.3 Å². The van der Waals surface area contributed by atoms with Crippen LogP contribution < -0.4 is 0 Å². The minimum Gasteiger partial charge on any atom is -0.387 e. The molecule has 1 heterocycles. The third-order valence-corrected chi connectivity index (χ3v) is 2.59. The molecule has 0 saturated carbocycles. The van der Waals surface area contributed by atoms with Gasteiger partial charge in [0.05, 0.1) is 16.1 Å². The molecule has 0 amide bonds. The first-order valence-electron chi connectivity index (χ1n) is 3.73. The molecule has 3 heteroatoms. The Morgan fingerprint density at radius 2 is 2.50 bits per heavy atom. The molecule has 0 spiro atoms. The van der Waals surface area contributed by atoms with Crippen molar-refractivity contribution in [3.05, 3.63) is 16.1 Å². The number of nitrogens with zero attached hydrogens (tertiary/aromatic N) is 1. The number of hydrogen-bond donors (Lipinski definition) is 1. The molecule has 1 unspecified atom stereocenters. The van der Waals surface area contributed by atoms with Crippen LogP contribution in [0.15, 0.2) is 5.51 Å². The van der Waals surface area contributed by atoms with Gasteiger partial charge in [-0.15, -0.1) is 23.2 Å². The summed E-state index contributed by atoms with van der Waals surface area (Å²) in [5.41, 5.74) is 2.65. The minimum atomic E-state index is -0.468. The number of aromatic nitrogens is 1. The van der Waals surface area contributed by atoms with E-state index in [1.807, 2.05) is 6.92 Å². The number of rotatable bonds is 2. The molecule has 1 N–H and O–H groups in total. The Morgan fingerprint density at radius 3 is 3.00 bits per heavy atom. The summed E-state index contributed by atoms with van der Waals surface area (Å²) in [5, 5.41) is 9.59. The maximum atomic E-state index is 9.59. The Morgan fingerprint density at radius 1 is 1.75 bits per heavy atom. The van der Waals surface area contributed by atoms with Gasteiger partial charge in [0.15, 0.2) is 0 Å². The molecular formula is C9H11NOS. The average molecular weight is 181 g/mol. The smallest absolute Gasteiger partial charge is 0.101 e. The van der Waals surface area contributed by atoms with E-state index in [4.69, 9.17) is 0 Å². The lowest BCUT2D eigenvalue weighted by molar-refractivity contribution is 0.187. The molecule has 12 heavy (non-hydrogen) atoms. The van der Waals surface area contributed by atoms with Gasteiger partial charge in [-0.1, -0.05) is 0 Å². The van der Waals surface area contributed by atoms with Gasteiger partial charge < -0.3 is 5.11 Å². The van der Waals surface area contributed by atoms with Gasteiger partial charge >= 0.3 is 0 Å².